The van der Waals surface area contributed by atoms with Crippen molar-refractivity contribution < 1.29 is 13.9 Å². The highest BCUT2D eigenvalue weighted by Gasteiger charge is 2.27. The van der Waals surface area contributed by atoms with Gasteiger partial charge in [0.1, 0.15) is 17.9 Å². The summed E-state index contributed by atoms with van der Waals surface area (Å²) in [7, 11) is 0. The molecule has 0 aliphatic carbocycles. The number of morpholine rings is 1. The first-order valence-electron chi connectivity index (χ1n) is 9.48. The van der Waals surface area contributed by atoms with E-state index in [0.717, 1.165) is 0 Å². The van der Waals surface area contributed by atoms with Crippen LogP contribution in [0.3, 0.4) is 0 Å². The molecule has 2 unspecified atom stereocenters. The van der Waals surface area contributed by atoms with Crippen molar-refractivity contribution in [2.75, 3.05) is 13.1 Å². The van der Waals surface area contributed by atoms with Gasteiger partial charge in [0, 0.05) is 18.5 Å². The monoisotopic (exact) mass is 399 g/mol. The maximum absolute atomic E-state index is 13.3. The van der Waals surface area contributed by atoms with Crippen LogP contribution in [0.15, 0.2) is 35.3 Å². The summed E-state index contributed by atoms with van der Waals surface area (Å²) in [6.07, 6.45) is 1.44. The highest BCUT2D eigenvalue weighted by Crippen LogP contribution is 2.18. The molecule has 1 amide bonds. The molecule has 0 radical (unpaired) electrons. The molecule has 152 valence electrons. The summed E-state index contributed by atoms with van der Waals surface area (Å²) in [4.78, 5) is 27.6. The zero-order valence-corrected chi connectivity index (χ0v) is 16.5. The fraction of sp³-hybridized carbons (Fsp3) is 0.400. The number of hydrogen-bond donors (Lipinski definition) is 0. The van der Waals surface area contributed by atoms with Crippen LogP contribution < -0.4 is 5.56 Å². The van der Waals surface area contributed by atoms with Gasteiger partial charge in [-0.2, -0.15) is 10.2 Å². The molecule has 0 bridgehead atoms. The Balaban J connectivity index is 1.71. The number of amides is 1. The summed E-state index contributed by atoms with van der Waals surface area (Å²) in [5.74, 6) is -0.562. The fourth-order valence-corrected chi connectivity index (χ4v) is 3.72. The second-order valence-electron chi connectivity index (χ2n) is 7.40. The highest BCUT2D eigenvalue weighted by atomic mass is 19.1. The van der Waals surface area contributed by atoms with Gasteiger partial charge in [-0.1, -0.05) is 0 Å². The van der Waals surface area contributed by atoms with Crippen molar-refractivity contribution in [1.29, 1.82) is 0 Å². The number of aromatic nitrogens is 4. The van der Waals surface area contributed by atoms with E-state index >= 15 is 0 Å². The smallest absolute Gasteiger partial charge is 0.293 e. The van der Waals surface area contributed by atoms with Gasteiger partial charge < -0.3 is 9.64 Å². The third-order valence-corrected chi connectivity index (χ3v) is 5.00. The van der Waals surface area contributed by atoms with Crippen LogP contribution in [0.25, 0.3) is 16.6 Å². The van der Waals surface area contributed by atoms with Crippen molar-refractivity contribution in [2.24, 2.45) is 0 Å². The molecule has 29 heavy (non-hydrogen) atoms. The maximum atomic E-state index is 13.3. The Hall–Kier alpha value is -3.07. The molecule has 9 heteroatoms. The zero-order chi connectivity index (χ0) is 20.7. The standard InChI is InChI=1S/C20H22FN5O3/c1-12-9-24(10-13(2)29-12)18(27)11-25-20(28)19-17(14(3)23-25)8-22-26(19)16-6-4-15(21)5-7-16/h4-8,12-13H,9-11H2,1-3H3. The third kappa shape index (κ3) is 3.65. The first-order valence-corrected chi connectivity index (χ1v) is 9.48. The van der Waals surface area contributed by atoms with Crippen LogP contribution >= 0.6 is 0 Å². The first kappa shape index (κ1) is 19.3. The van der Waals surface area contributed by atoms with Gasteiger partial charge in [-0.3, -0.25) is 9.59 Å². The molecule has 3 aromatic rings. The van der Waals surface area contributed by atoms with Crippen molar-refractivity contribution in [3.8, 4) is 5.69 Å². The first-order chi connectivity index (χ1) is 13.8. The normalized spacial score (nSPS) is 19.7. The van der Waals surface area contributed by atoms with Crippen molar-refractivity contribution >= 4 is 16.8 Å². The minimum atomic E-state index is -0.421. The third-order valence-electron chi connectivity index (χ3n) is 5.00. The number of ether oxygens (including phenoxy) is 1. The minimum Gasteiger partial charge on any atom is -0.372 e. The van der Waals surface area contributed by atoms with Gasteiger partial charge >= 0.3 is 0 Å². The molecule has 1 saturated heterocycles. The molecule has 1 aliphatic heterocycles. The summed E-state index contributed by atoms with van der Waals surface area (Å²) >= 11 is 0. The van der Waals surface area contributed by atoms with Crippen molar-refractivity contribution in [3.63, 3.8) is 0 Å². The summed E-state index contributed by atoms with van der Waals surface area (Å²) in [6.45, 7) is 6.39. The van der Waals surface area contributed by atoms with Crippen LogP contribution in [0.2, 0.25) is 0 Å². The van der Waals surface area contributed by atoms with Gasteiger partial charge in [0.2, 0.25) is 5.91 Å². The lowest BCUT2D eigenvalue weighted by molar-refractivity contribution is -0.144. The number of hydrogen-bond acceptors (Lipinski definition) is 5. The van der Waals surface area contributed by atoms with E-state index < -0.39 is 5.56 Å². The summed E-state index contributed by atoms with van der Waals surface area (Å²) in [5.41, 5.74) is 1.03. The van der Waals surface area contributed by atoms with Gasteiger partial charge in [0.25, 0.3) is 5.56 Å². The van der Waals surface area contributed by atoms with E-state index in [1.807, 2.05) is 13.8 Å². The number of aryl methyl sites for hydroxylation is 1. The van der Waals surface area contributed by atoms with E-state index in [1.54, 1.807) is 30.2 Å². The maximum Gasteiger partial charge on any atom is 0.293 e. The summed E-state index contributed by atoms with van der Waals surface area (Å²) in [6, 6.07) is 5.70. The number of carbonyl (C=O) groups excluding carboxylic acids is 1. The molecule has 4 rings (SSSR count). The lowest BCUT2D eigenvalue weighted by Gasteiger charge is -2.35. The van der Waals surface area contributed by atoms with Crippen LogP contribution in [0.4, 0.5) is 4.39 Å². The van der Waals surface area contributed by atoms with Gasteiger partial charge in [-0.05, 0) is 45.0 Å². The molecule has 0 saturated carbocycles. The van der Waals surface area contributed by atoms with Crippen molar-refractivity contribution in [2.45, 2.75) is 39.5 Å². The highest BCUT2D eigenvalue weighted by molar-refractivity contribution is 5.82. The molecule has 2 atom stereocenters. The number of fused-ring (bicyclic) bond motifs is 1. The Kier molecular flexibility index (Phi) is 4.91. The Morgan fingerprint density at radius 2 is 1.86 bits per heavy atom. The number of halogens is 1. The Morgan fingerprint density at radius 3 is 2.52 bits per heavy atom. The predicted molar refractivity (Wildman–Crippen MR) is 104 cm³/mol. The van der Waals surface area contributed by atoms with E-state index in [0.29, 0.717) is 35.4 Å². The lowest BCUT2D eigenvalue weighted by atomic mass is 10.2. The second-order valence-corrected chi connectivity index (χ2v) is 7.40. The molecule has 2 aromatic heterocycles. The molecule has 3 heterocycles. The summed E-state index contributed by atoms with van der Waals surface area (Å²) in [5, 5.41) is 9.18. The molecule has 1 fully saturated rings. The van der Waals surface area contributed by atoms with Crippen LogP contribution in [-0.2, 0) is 16.1 Å². The lowest BCUT2D eigenvalue weighted by Crippen LogP contribution is -2.49. The van der Waals surface area contributed by atoms with E-state index in [-0.39, 0.29) is 30.5 Å². The molecule has 0 N–H and O–H groups in total. The van der Waals surface area contributed by atoms with Gasteiger partial charge in [-0.25, -0.2) is 13.8 Å². The second kappa shape index (κ2) is 7.40. The fourth-order valence-electron chi connectivity index (χ4n) is 3.72. The van der Waals surface area contributed by atoms with Crippen LogP contribution in [0, 0.1) is 12.7 Å². The zero-order valence-electron chi connectivity index (χ0n) is 16.5. The van der Waals surface area contributed by atoms with E-state index in [4.69, 9.17) is 4.74 Å². The Labute approximate surface area is 166 Å². The number of carbonyl (C=O) groups is 1. The quantitative estimate of drug-likeness (QED) is 0.669. The van der Waals surface area contributed by atoms with Crippen molar-refractivity contribution in [3.05, 3.63) is 52.3 Å². The van der Waals surface area contributed by atoms with Crippen LogP contribution in [0.5, 0.6) is 0 Å². The molecule has 1 aliphatic rings. The van der Waals surface area contributed by atoms with E-state index in [2.05, 4.69) is 10.2 Å². The molecule has 8 nitrogen and oxygen atoms in total. The average Bonchev–Trinajstić information content (AvgIpc) is 3.11. The van der Waals surface area contributed by atoms with Crippen LogP contribution in [0.1, 0.15) is 19.5 Å². The van der Waals surface area contributed by atoms with Gasteiger partial charge in [-0.15, -0.1) is 0 Å². The topological polar surface area (TPSA) is 82.2 Å². The van der Waals surface area contributed by atoms with Crippen LogP contribution in [-0.4, -0.2) is 55.7 Å². The van der Waals surface area contributed by atoms with Crippen molar-refractivity contribution in [1.82, 2.24) is 24.5 Å². The van der Waals surface area contributed by atoms with E-state index in [9.17, 15) is 14.0 Å². The number of nitrogens with zero attached hydrogens (tertiary/aromatic N) is 5. The number of rotatable bonds is 3. The predicted octanol–water partition coefficient (Wildman–Crippen LogP) is 1.67. The molecule has 1 aromatic carbocycles. The minimum absolute atomic E-state index is 0.0588. The Morgan fingerprint density at radius 1 is 1.21 bits per heavy atom. The van der Waals surface area contributed by atoms with Gasteiger partial charge in [0.15, 0.2) is 0 Å². The van der Waals surface area contributed by atoms with E-state index in [1.165, 1.54) is 21.5 Å². The molecular formula is C20H22FN5O3. The average molecular weight is 399 g/mol. The summed E-state index contributed by atoms with van der Waals surface area (Å²) < 4.78 is 21.6. The van der Waals surface area contributed by atoms with Gasteiger partial charge in [0.05, 0.1) is 29.8 Å². The number of benzene rings is 1. The molecule has 0 spiro atoms. The Bertz CT molecular complexity index is 1110. The largest absolute Gasteiger partial charge is 0.372 e. The molecular weight excluding hydrogens is 377 g/mol. The SMILES string of the molecule is Cc1nn(CC(=O)N2CC(C)OC(C)C2)c(=O)c2c1cnn2-c1ccc(F)cc1.